The molecule has 4 aromatic rings. The molecular formula is C20H14Cl2N2O3S2. The highest BCUT2D eigenvalue weighted by Crippen LogP contribution is 2.35. The molecule has 1 heterocycles. The molecule has 5 nitrogen and oxygen atoms in total. The van der Waals surface area contributed by atoms with Crippen molar-refractivity contribution >= 4 is 60.5 Å². The van der Waals surface area contributed by atoms with E-state index in [4.69, 9.17) is 27.9 Å². The van der Waals surface area contributed by atoms with Crippen molar-refractivity contribution in [3.63, 3.8) is 0 Å². The van der Waals surface area contributed by atoms with Crippen LogP contribution in [0.3, 0.4) is 0 Å². The van der Waals surface area contributed by atoms with Gasteiger partial charge >= 0.3 is 0 Å². The standard InChI is InChI=1S/C20H14Cl2N2O3S2/c1-12-2-5-17(6-3-12)29(25,26)24-15-8-14(22)9-16(11-15)27-20-23-18-10-13(21)4-7-19(18)28-20/h2-11,24H,1H3. The molecule has 1 aromatic heterocycles. The predicted molar refractivity (Wildman–Crippen MR) is 118 cm³/mol. The average Bonchev–Trinajstić information content (AvgIpc) is 3.02. The minimum Gasteiger partial charge on any atom is -0.431 e. The Hall–Kier alpha value is -2.32. The molecule has 0 atom stereocenters. The first-order chi connectivity index (χ1) is 13.8. The van der Waals surface area contributed by atoms with Crippen molar-refractivity contribution in [2.75, 3.05) is 4.72 Å². The van der Waals surface area contributed by atoms with Crippen molar-refractivity contribution < 1.29 is 13.2 Å². The van der Waals surface area contributed by atoms with Gasteiger partial charge in [-0.25, -0.2) is 13.4 Å². The molecule has 0 saturated heterocycles. The van der Waals surface area contributed by atoms with Gasteiger partial charge in [-0.05, 0) is 49.4 Å². The normalized spacial score (nSPS) is 11.6. The maximum absolute atomic E-state index is 12.6. The van der Waals surface area contributed by atoms with Gasteiger partial charge in [-0.3, -0.25) is 4.72 Å². The first-order valence-electron chi connectivity index (χ1n) is 8.42. The van der Waals surface area contributed by atoms with Crippen LogP contribution in [0.4, 0.5) is 5.69 Å². The first-order valence-corrected chi connectivity index (χ1v) is 11.5. The van der Waals surface area contributed by atoms with Crippen molar-refractivity contribution in [2.45, 2.75) is 11.8 Å². The Morgan fingerprint density at radius 2 is 1.72 bits per heavy atom. The summed E-state index contributed by atoms with van der Waals surface area (Å²) >= 11 is 13.5. The number of aryl methyl sites for hydroxylation is 1. The third-order valence-corrected chi connectivity index (χ3v) is 6.75. The van der Waals surface area contributed by atoms with Crippen LogP contribution in [-0.2, 0) is 10.0 Å². The number of nitrogens with zero attached hydrogens (tertiary/aromatic N) is 1. The fourth-order valence-corrected chi connectivity index (χ4v) is 4.88. The summed E-state index contributed by atoms with van der Waals surface area (Å²) in [5.74, 6) is 0.365. The third kappa shape index (κ3) is 4.64. The highest BCUT2D eigenvalue weighted by atomic mass is 35.5. The molecule has 0 aliphatic carbocycles. The van der Waals surface area contributed by atoms with E-state index in [2.05, 4.69) is 9.71 Å². The molecule has 0 aliphatic heterocycles. The molecular weight excluding hydrogens is 451 g/mol. The number of thiazole rings is 1. The zero-order valence-corrected chi connectivity index (χ0v) is 18.2. The van der Waals surface area contributed by atoms with Gasteiger partial charge in [0.15, 0.2) is 0 Å². The number of halogens is 2. The number of hydrogen-bond donors (Lipinski definition) is 1. The van der Waals surface area contributed by atoms with Crippen molar-refractivity contribution in [3.8, 4) is 10.9 Å². The van der Waals surface area contributed by atoms with Gasteiger partial charge in [0.1, 0.15) is 5.75 Å². The van der Waals surface area contributed by atoms with Crippen molar-refractivity contribution in [1.29, 1.82) is 0 Å². The summed E-state index contributed by atoms with van der Waals surface area (Å²) in [6, 6.07) is 16.6. The molecule has 148 valence electrons. The first kappa shape index (κ1) is 20.0. The summed E-state index contributed by atoms with van der Waals surface area (Å²) in [6.45, 7) is 1.89. The number of anilines is 1. The molecule has 4 rings (SSSR count). The summed E-state index contributed by atoms with van der Waals surface area (Å²) in [4.78, 5) is 4.55. The number of ether oxygens (including phenoxy) is 1. The van der Waals surface area contributed by atoms with Gasteiger partial charge < -0.3 is 4.74 Å². The summed E-state index contributed by atoms with van der Waals surface area (Å²) in [5.41, 5.74) is 1.98. The Kier molecular flexibility index (Phi) is 5.40. The second-order valence-corrected chi connectivity index (χ2v) is 9.84. The Morgan fingerprint density at radius 3 is 2.48 bits per heavy atom. The summed E-state index contributed by atoms with van der Waals surface area (Å²) < 4.78 is 34.5. The van der Waals surface area contributed by atoms with Gasteiger partial charge in [-0.1, -0.05) is 52.2 Å². The minimum atomic E-state index is -3.75. The van der Waals surface area contributed by atoms with Crippen LogP contribution in [0.25, 0.3) is 10.2 Å². The lowest BCUT2D eigenvalue weighted by Gasteiger charge is -2.10. The van der Waals surface area contributed by atoms with E-state index < -0.39 is 10.0 Å². The largest absolute Gasteiger partial charge is 0.431 e. The Bertz CT molecular complexity index is 1300. The zero-order valence-electron chi connectivity index (χ0n) is 15.0. The maximum Gasteiger partial charge on any atom is 0.279 e. The molecule has 0 aliphatic rings. The van der Waals surface area contributed by atoms with E-state index in [1.807, 2.05) is 13.0 Å². The van der Waals surface area contributed by atoms with Crippen molar-refractivity contribution in [3.05, 3.63) is 76.3 Å². The number of aromatic nitrogens is 1. The predicted octanol–water partition coefficient (Wildman–Crippen LogP) is 6.50. The molecule has 0 spiro atoms. The minimum absolute atomic E-state index is 0.161. The fraction of sp³-hybridized carbons (Fsp3) is 0.0500. The van der Waals surface area contributed by atoms with E-state index >= 15 is 0 Å². The van der Waals surface area contributed by atoms with Crippen LogP contribution < -0.4 is 9.46 Å². The van der Waals surface area contributed by atoms with Gasteiger partial charge in [-0.15, -0.1) is 0 Å². The van der Waals surface area contributed by atoms with E-state index in [0.29, 0.717) is 21.0 Å². The summed E-state index contributed by atoms with van der Waals surface area (Å²) in [6.07, 6.45) is 0. The van der Waals surface area contributed by atoms with Gasteiger partial charge in [0.25, 0.3) is 15.2 Å². The molecule has 0 fully saturated rings. The van der Waals surface area contributed by atoms with Crippen LogP contribution in [0.5, 0.6) is 10.9 Å². The molecule has 29 heavy (non-hydrogen) atoms. The number of nitrogens with one attached hydrogen (secondary N) is 1. The van der Waals surface area contributed by atoms with Crippen LogP contribution in [0.15, 0.2) is 65.6 Å². The van der Waals surface area contributed by atoms with E-state index in [1.54, 1.807) is 48.5 Å². The second-order valence-electron chi connectivity index (χ2n) is 6.29. The smallest absolute Gasteiger partial charge is 0.279 e. The molecule has 0 radical (unpaired) electrons. The van der Waals surface area contributed by atoms with E-state index in [0.717, 1.165) is 15.8 Å². The Balaban J connectivity index is 1.60. The highest BCUT2D eigenvalue weighted by Gasteiger charge is 2.15. The van der Waals surface area contributed by atoms with E-state index in [-0.39, 0.29) is 10.6 Å². The Morgan fingerprint density at radius 1 is 0.966 bits per heavy atom. The molecule has 0 amide bonds. The van der Waals surface area contributed by atoms with Gasteiger partial charge in [0, 0.05) is 16.1 Å². The van der Waals surface area contributed by atoms with Gasteiger partial charge in [0.05, 0.1) is 20.8 Å². The summed E-state index contributed by atoms with van der Waals surface area (Å²) in [5, 5.41) is 1.31. The van der Waals surface area contributed by atoms with Crippen LogP contribution >= 0.6 is 34.5 Å². The molecule has 0 saturated carbocycles. The molecule has 0 bridgehead atoms. The lowest BCUT2D eigenvalue weighted by atomic mass is 10.2. The quantitative estimate of drug-likeness (QED) is 0.365. The topological polar surface area (TPSA) is 68.3 Å². The molecule has 9 heteroatoms. The van der Waals surface area contributed by atoms with Crippen LogP contribution in [-0.4, -0.2) is 13.4 Å². The maximum atomic E-state index is 12.6. The lowest BCUT2D eigenvalue weighted by Crippen LogP contribution is -2.12. The molecule has 0 unspecified atom stereocenters. The number of benzene rings is 3. The Labute approximate surface area is 181 Å². The van der Waals surface area contributed by atoms with Crippen molar-refractivity contribution in [2.24, 2.45) is 0 Å². The number of rotatable bonds is 5. The van der Waals surface area contributed by atoms with Crippen molar-refractivity contribution in [1.82, 2.24) is 4.98 Å². The molecule has 1 N–H and O–H groups in total. The van der Waals surface area contributed by atoms with Crippen LogP contribution in [0.1, 0.15) is 5.56 Å². The third-order valence-electron chi connectivity index (χ3n) is 3.99. The fourth-order valence-electron chi connectivity index (χ4n) is 2.64. The summed E-state index contributed by atoms with van der Waals surface area (Å²) in [7, 11) is -3.75. The highest BCUT2D eigenvalue weighted by molar-refractivity contribution is 7.92. The SMILES string of the molecule is Cc1ccc(S(=O)(=O)Nc2cc(Cl)cc(Oc3nc4cc(Cl)ccc4s3)c2)cc1. The zero-order chi connectivity index (χ0) is 20.6. The number of fused-ring (bicyclic) bond motifs is 1. The number of sulfonamides is 1. The van der Waals surface area contributed by atoms with Gasteiger partial charge in [-0.2, -0.15) is 0 Å². The second kappa shape index (κ2) is 7.84. The van der Waals surface area contributed by atoms with Crippen LogP contribution in [0, 0.1) is 6.92 Å². The number of hydrogen-bond acceptors (Lipinski definition) is 5. The molecule has 3 aromatic carbocycles. The van der Waals surface area contributed by atoms with E-state index in [9.17, 15) is 8.42 Å². The average molecular weight is 465 g/mol. The van der Waals surface area contributed by atoms with Gasteiger partial charge in [0.2, 0.25) is 0 Å². The van der Waals surface area contributed by atoms with Crippen LogP contribution in [0.2, 0.25) is 10.0 Å². The lowest BCUT2D eigenvalue weighted by molar-refractivity contribution is 0.480. The monoisotopic (exact) mass is 464 g/mol. The van der Waals surface area contributed by atoms with E-state index in [1.165, 1.54) is 17.4 Å².